The average Bonchev–Trinajstić information content (AvgIpc) is 2.57. The summed E-state index contributed by atoms with van der Waals surface area (Å²) in [7, 11) is 0. The highest BCUT2D eigenvalue weighted by atomic mass is 19.1. The number of halogens is 2. The van der Waals surface area contributed by atoms with Gasteiger partial charge in [0, 0.05) is 0 Å². The SMILES string of the molecule is FC=C[C@H]1CC[C@H](c2ccc(-c3ccc(F)cc3)cc2)CC1. The van der Waals surface area contributed by atoms with Crippen LogP contribution in [-0.4, -0.2) is 0 Å². The largest absolute Gasteiger partial charge is 0.216 e. The van der Waals surface area contributed by atoms with E-state index in [1.807, 2.05) is 0 Å². The summed E-state index contributed by atoms with van der Waals surface area (Å²) < 4.78 is 25.2. The topological polar surface area (TPSA) is 0 Å². The number of benzene rings is 2. The molecule has 0 saturated heterocycles. The Labute approximate surface area is 130 Å². The maximum Gasteiger partial charge on any atom is 0.123 e. The molecule has 1 saturated carbocycles. The van der Waals surface area contributed by atoms with Gasteiger partial charge in [-0.05, 0) is 66.3 Å². The highest BCUT2D eigenvalue weighted by molar-refractivity contribution is 5.63. The molecule has 2 aromatic carbocycles. The number of rotatable bonds is 3. The Balaban J connectivity index is 1.68. The van der Waals surface area contributed by atoms with Gasteiger partial charge in [0.25, 0.3) is 0 Å². The first kappa shape index (κ1) is 15.0. The van der Waals surface area contributed by atoms with Crippen molar-refractivity contribution < 1.29 is 8.78 Å². The quantitative estimate of drug-likeness (QED) is 0.628. The maximum absolute atomic E-state index is 13.0. The molecule has 0 amide bonds. The van der Waals surface area contributed by atoms with Crippen LogP contribution in [0.1, 0.15) is 37.2 Å². The molecule has 0 heterocycles. The van der Waals surface area contributed by atoms with Gasteiger partial charge in [-0.2, -0.15) is 0 Å². The first-order chi connectivity index (χ1) is 10.8. The van der Waals surface area contributed by atoms with Crippen LogP contribution >= 0.6 is 0 Å². The Morgan fingerprint density at radius 3 is 1.86 bits per heavy atom. The molecule has 0 nitrogen and oxygen atoms in total. The fourth-order valence-electron chi connectivity index (χ4n) is 3.34. The van der Waals surface area contributed by atoms with Crippen molar-refractivity contribution in [1.29, 1.82) is 0 Å². The van der Waals surface area contributed by atoms with Crippen LogP contribution in [-0.2, 0) is 0 Å². The Kier molecular flexibility index (Phi) is 4.67. The third-order valence-electron chi connectivity index (χ3n) is 4.68. The van der Waals surface area contributed by atoms with Crippen molar-refractivity contribution in [2.75, 3.05) is 0 Å². The van der Waals surface area contributed by atoms with E-state index in [0.717, 1.165) is 36.8 Å². The Hall–Kier alpha value is -1.96. The molecule has 0 aromatic heterocycles. The van der Waals surface area contributed by atoms with Crippen LogP contribution in [0.3, 0.4) is 0 Å². The molecule has 2 aromatic rings. The Bertz CT molecular complexity index is 618. The third-order valence-corrected chi connectivity index (χ3v) is 4.68. The van der Waals surface area contributed by atoms with Gasteiger partial charge in [-0.1, -0.05) is 42.5 Å². The van der Waals surface area contributed by atoms with Crippen LogP contribution in [0.4, 0.5) is 8.78 Å². The number of allylic oxidation sites excluding steroid dienone is 1. The van der Waals surface area contributed by atoms with Crippen LogP contribution < -0.4 is 0 Å². The van der Waals surface area contributed by atoms with Crippen molar-refractivity contribution in [3.63, 3.8) is 0 Å². The molecule has 0 bridgehead atoms. The Morgan fingerprint density at radius 2 is 1.32 bits per heavy atom. The van der Waals surface area contributed by atoms with Crippen LogP contribution in [0.15, 0.2) is 60.9 Å². The number of hydrogen-bond acceptors (Lipinski definition) is 0. The van der Waals surface area contributed by atoms with E-state index in [4.69, 9.17) is 0 Å². The lowest BCUT2D eigenvalue weighted by Gasteiger charge is -2.27. The smallest absolute Gasteiger partial charge is 0.123 e. The normalized spacial score (nSPS) is 22.1. The number of hydrogen-bond donors (Lipinski definition) is 0. The molecule has 2 heteroatoms. The van der Waals surface area contributed by atoms with E-state index in [1.54, 1.807) is 18.2 Å². The summed E-state index contributed by atoms with van der Waals surface area (Å²) in [6, 6.07) is 15.2. The van der Waals surface area contributed by atoms with Crippen LogP contribution in [0.2, 0.25) is 0 Å². The molecule has 0 radical (unpaired) electrons. The fourth-order valence-corrected chi connectivity index (χ4v) is 3.34. The summed E-state index contributed by atoms with van der Waals surface area (Å²) in [6.07, 6.45) is 6.72. The standard InChI is InChI=1S/C20H20F2/c21-14-13-15-1-3-16(4-2-15)17-5-7-18(8-6-17)19-9-11-20(22)12-10-19/h5-16H,1-4H2/t15-,16-. The van der Waals surface area contributed by atoms with Crippen molar-refractivity contribution in [2.24, 2.45) is 5.92 Å². The molecule has 1 aliphatic rings. The van der Waals surface area contributed by atoms with Crippen LogP contribution in [0.5, 0.6) is 0 Å². The molecule has 0 N–H and O–H groups in total. The third kappa shape index (κ3) is 3.44. The van der Waals surface area contributed by atoms with Gasteiger partial charge in [-0.3, -0.25) is 0 Å². The first-order valence-corrected chi connectivity index (χ1v) is 7.89. The van der Waals surface area contributed by atoms with Gasteiger partial charge in [-0.15, -0.1) is 0 Å². The van der Waals surface area contributed by atoms with E-state index in [0.29, 0.717) is 18.2 Å². The molecule has 0 unspecified atom stereocenters. The molecular weight excluding hydrogens is 278 g/mol. The van der Waals surface area contributed by atoms with Crippen molar-refractivity contribution in [3.05, 3.63) is 72.3 Å². The lowest BCUT2D eigenvalue weighted by atomic mass is 9.78. The van der Waals surface area contributed by atoms with E-state index < -0.39 is 0 Å². The molecule has 1 fully saturated rings. The zero-order valence-corrected chi connectivity index (χ0v) is 12.5. The van der Waals surface area contributed by atoms with E-state index in [-0.39, 0.29) is 5.82 Å². The molecule has 0 spiro atoms. The zero-order chi connectivity index (χ0) is 15.4. The van der Waals surface area contributed by atoms with E-state index in [9.17, 15) is 8.78 Å². The summed E-state index contributed by atoms with van der Waals surface area (Å²) >= 11 is 0. The molecular formula is C20H20F2. The highest BCUT2D eigenvalue weighted by Gasteiger charge is 2.20. The highest BCUT2D eigenvalue weighted by Crippen LogP contribution is 2.36. The second kappa shape index (κ2) is 6.87. The van der Waals surface area contributed by atoms with Crippen LogP contribution in [0.25, 0.3) is 11.1 Å². The van der Waals surface area contributed by atoms with E-state index in [1.165, 1.54) is 17.7 Å². The molecule has 0 atom stereocenters. The minimum Gasteiger partial charge on any atom is -0.216 e. The second-order valence-corrected chi connectivity index (χ2v) is 6.06. The summed E-state index contributed by atoms with van der Waals surface area (Å²) in [5.74, 6) is 0.769. The van der Waals surface area contributed by atoms with Crippen molar-refractivity contribution in [3.8, 4) is 11.1 Å². The predicted molar refractivity (Wildman–Crippen MR) is 86.8 cm³/mol. The second-order valence-electron chi connectivity index (χ2n) is 6.06. The Morgan fingerprint density at radius 1 is 0.773 bits per heavy atom. The first-order valence-electron chi connectivity index (χ1n) is 7.89. The van der Waals surface area contributed by atoms with Gasteiger partial charge in [0.15, 0.2) is 0 Å². The molecule has 22 heavy (non-hydrogen) atoms. The van der Waals surface area contributed by atoms with Crippen molar-refractivity contribution >= 4 is 0 Å². The molecule has 0 aliphatic heterocycles. The minimum absolute atomic E-state index is 0.209. The maximum atomic E-state index is 13.0. The van der Waals surface area contributed by atoms with Gasteiger partial charge in [-0.25, -0.2) is 8.78 Å². The van der Waals surface area contributed by atoms with Gasteiger partial charge >= 0.3 is 0 Å². The average molecular weight is 298 g/mol. The van der Waals surface area contributed by atoms with Crippen molar-refractivity contribution in [1.82, 2.24) is 0 Å². The van der Waals surface area contributed by atoms with Gasteiger partial charge in [0.1, 0.15) is 5.82 Å². The summed E-state index contributed by atoms with van der Waals surface area (Å²) in [5, 5.41) is 0. The summed E-state index contributed by atoms with van der Waals surface area (Å²) in [6.45, 7) is 0. The lowest BCUT2D eigenvalue weighted by Crippen LogP contribution is -2.11. The predicted octanol–water partition coefficient (Wildman–Crippen LogP) is 6.25. The molecule has 3 rings (SSSR count). The summed E-state index contributed by atoms with van der Waals surface area (Å²) in [5.41, 5.74) is 3.50. The zero-order valence-electron chi connectivity index (χ0n) is 12.5. The van der Waals surface area contributed by atoms with Gasteiger partial charge in [0.05, 0.1) is 6.33 Å². The van der Waals surface area contributed by atoms with Crippen LogP contribution in [0, 0.1) is 11.7 Å². The summed E-state index contributed by atoms with van der Waals surface area (Å²) in [4.78, 5) is 0. The molecule has 1 aliphatic carbocycles. The van der Waals surface area contributed by atoms with Crippen molar-refractivity contribution in [2.45, 2.75) is 31.6 Å². The monoisotopic (exact) mass is 298 g/mol. The fraction of sp³-hybridized carbons (Fsp3) is 0.300. The van der Waals surface area contributed by atoms with Gasteiger partial charge in [0.2, 0.25) is 0 Å². The van der Waals surface area contributed by atoms with E-state index in [2.05, 4.69) is 24.3 Å². The van der Waals surface area contributed by atoms with E-state index >= 15 is 0 Å². The lowest BCUT2D eigenvalue weighted by molar-refractivity contribution is 0.373. The molecule has 114 valence electrons. The minimum atomic E-state index is -0.209. The van der Waals surface area contributed by atoms with Gasteiger partial charge < -0.3 is 0 Å².